The molecule has 0 unspecified atom stereocenters. The predicted octanol–water partition coefficient (Wildman–Crippen LogP) is 7.29. The monoisotopic (exact) mass is 460 g/mol. The molecule has 0 aliphatic heterocycles. The molecule has 0 saturated heterocycles. The van der Waals surface area contributed by atoms with E-state index in [1.54, 1.807) is 12.1 Å². The van der Waals surface area contributed by atoms with Gasteiger partial charge in [-0.1, -0.05) is 26.0 Å². The summed E-state index contributed by atoms with van der Waals surface area (Å²) in [5.74, 6) is 0.872. The average molecular weight is 461 g/mol. The Morgan fingerprint density at radius 1 is 1.16 bits per heavy atom. The molecule has 0 amide bonds. The molecule has 0 spiro atoms. The second-order valence-electron chi connectivity index (χ2n) is 7.81. The average Bonchev–Trinajstić information content (AvgIpc) is 3.18. The molecule has 3 rings (SSSR count). The number of aromatic nitrogens is 1. The van der Waals surface area contributed by atoms with Crippen molar-refractivity contribution in [2.45, 2.75) is 45.7 Å². The molecule has 0 N–H and O–H groups in total. The van der Waals surface area contributed by atoms with Crippen molar-refractivity contribution in [3.8, 4) is 16.3 Å². The Labute approximate surface area is 190 Å². The van der Waals surface area contributed by atoms with Gasteiger partial charge in [-0.3, -0.25) is 4.79 Å². The van der Waals surface area contributed by atoms with Gasteiger partial charge in [0.05, 0.1) is 17.9 Å². The van der Waals surface area contributed by atoms with Crippen molar-refractivity contribution in [1.29, 1.82) is 0 Å². The first-order valence-electron chi connectivity index (χ1n) is 10.3. The van der Waals surface area contributed by atoms with Gasteiger partial charge < -0.3 is 4.74 Å². The summed E-state index contributed by atoms with van der Waals surface area (Å²) >= 11 is 1.43. The van der Waals surface area contributed by atoms with Crippen LogP contribution in [0.2, 0.25) is 0 Å². The van der Waals surface area contributed by atoms with Crippen molar-refractivity contribution < 1.29 is 22.7 Å². The van der Waals surface area contributed by atoms with E-state index in [4.69, 9.17) is 4.74 Å². The van der Waals surface area contributed by atoms with E-state index in [0.717, 1.165) is 28.3 Å². The molecular formula is C25H25F3NO2S. The number of carbonyl (C=O) groups excluding carboxylic acids is 1. The van der Waals surface area contributed by atoms with Crippen molar-refractivity contribution in [3.63, 3.8) is 0 Å². The number of ether oxygens (including phenoxy) is 1. The number of alkyl halides is 3. The van der Waals surface area contributed by atoms with Crippen LogP contribution in [0.1, 0.15) is 58.2 Å². The highest BCUT2D eigenvalue weighted by molar-refractivity contribution is 7.15. The molecule has 3 aromatic rings. The zero-order valence-electron chi connectivity index (χ0n) is 18.3. The van der Waals surface area contributed by atoms with Crippen LogP contribution >= 0.6 is 11.3 Å². The first-order valence-corrected chi connectivity index (χ1v) is 11.1. The van der Waals surface area contributed by atoms with Crippen molar-refractivity contribution >= 4 is 17.1 Å². The molecule has 1 radical (unpaired) electrons. The number of carbonyl (C=O) groups is 1. The second-order valence-corrected chi connectivity index (χ2v) is 8.89. The summed E-state index contributed by atoms with van der Waals surface area (Å²) in [7, 11) is 0. The van der Waals surface area contributed by atoms with Crippen LogP contribution in [0.4, 0.5) is 13.2 Å². The maximum atomic E-state index is 12.8. The fourth-order valence-electron chi connectivity index (χ4n) is 3.39. The fourth-order valence-corrected chi connectivity index (χ4v) is 4.61. The number of hydrogen-bond acceptors (Lipinski definition) is 4. The molecule has 0 atom stereocenters. The zero-order valence-corrected chi connectivity index (χ0v) is 19.1. The van der Waals surface area contributed by atoms with Crippen LogP contribution in [0.3, 0.4) is 0 Å². The second kappa shape index (κ2) is 9.86. The van der Waals surface area contributed by atoms with Gasteiger partial charge in [0.1, 0.15) is 10.8 Å². The number of nitrogens with zero attached hydrogens (tertiary/aromatic N) is 1. The van der Waals surface area contributed by atoms with Crippen molar-refractivity contribution in [1.82, 2.24) is 4.98 Å². The standard InChI is InChI=1S/C25H25F3NO2S/c1-5-31-21-12-8-18(14-16(21)4)20(30)11-13-22-23(15(2)3)29-24(32-22)17-6-9-19(10-7-17)25(26,27)28/h6-10,12,14-15H,1,5,11,13H2,2-4H3. The summed E-state index contributed by atoms with van der Waals surface area (Å²) < 4.78 is 44.0. The summed E-state index contributed by atoms with van der Waals surface area (Å²) in [6.45, 7) is 9.90. The number of hydrogen-bond donors (Lipinski definition) is 0. The fraction of sp³-hybridized carbons (Fsp3) is 0.320. The van der Waals surface area contributed by atoms with E-state index in [1.165, 1.54) is 23.5 Å². The number of Topliss-reactive ketones (excluding diaryl/α,β-unsaturated/α-hetero) is 1. The van der Waals surface area contributed by atoms with Gasteiger partial charge in [-0.15, -0.1) is 11.3 Å². The Morgan fingerprint density at radius 2 is 1.84 bits per heavy atom. The third-order valence-corrected chi connectivity index (χ3v) is 6.25. The first-order chi connectivity index (χ1) is 15.1. The Hall–Kier alpha value is -2.67. The number of rotatable bonds is 8. The Balaban J connectivity index is 1.77. The van der Waals surface area contributed by atoms with E-state index in [1.807, 2.05) is 26.8 Å². The van der Waals surface area contributed by atoms with Crippen LogP contribution in [0.15, 0.2) is 42.5 Å². The highest BCUT2D eigenvalue weighted by Crippen LogP contribution is 2.35. The predicted molar refractivity (Wildman–Crippen MR) is 121 cm³/mol. The molecule has 2 aromatic carbocycles. The van der Waals surface area contributed by atoms with Gasteiger partial charge in [-0.2, -0.15) is 13.2 Å². The van der Waals surface area contributed by atoms with Gasteiger partial charge in [0.25, 0.3) is 0 Å². The topological polar surface area (TPSA) is 39.2 Å². The van der Waals surface area contributed by atoms with Crippen LogP contribution in [0, 0.1) is 13.8 Å². The molecule has 1 heterocycles. The summed E-state index contributed by atoms with van der Waals surface area (Å²) in [6.07, 6.45) is -3.52. The maximum Gasteiger partial charge on any atom is 0.416 e. The largest absolute Gasteiger partial charge is 0.493 e. The molecule has 0 bridgehead atoms. The normalized spacial score (nSPS) is 11.8. The maximum absolute atomic E-state index is 12.8. The van der Waals surface area contributed by atoms with Gasteiger partial charge in [-0.05, 0) is 62.1 Å². The minimum atomic E-state index is -4.37. The van der Waals surface area contributed by atoms with Crippen molar-refractivity contribution in [2.24, 2.45) is 0 Å². The van der Waals surface area contributed by atoms with E-state index in [9.17, 15) is 18.0 Å². The van der Waals surface area contributed by atoms with Gasteiger partial charge in [0.15, 0.2) is 5.78 Å². The smallest absolute Gasteiger partial charge is 0.416 e. The number of thiazole rings is 1. The Morgan fingerprint density at radius 3 is 2.41 bits per heavy atom. The third kappa shape index (κ3) is 5.57. The summed E-state index contributed by atoms with van der Waals surface area (Å²) in [4.78, 5) is 18.4. The SMILES string of the molecule is [CH2]COc1ccc(C(=O)CCc2sc(-c3ccc(C(F)(F)F)cc3)nc2C(C)C)cc1C. The minimum absolute atomic E-state index is 0.0217. The molecule has 0 aliphatic rings. The first kappa shape index (κ1) is 24.0. The van der Waals surface area contributed by atoms with E-state index >= 15 is 0 Å². The van der Waals surface area contributed by atoms with Crippen LogP contribution in [-0.2, 0) is 12.6 Å². The van der Waals surface area contributed by atoms with Crippen LogP contribution in [0.5, 0.6) is 5.75 Å². The number of aryl methyl sites for hydroxylation is 2. The minimum Gasteiger partial charge on any atom is -0.493 e. The lowest BCUT2D eigenvalue weighted by atomic mass is 10.0. The molecule has 32 heavy (non-hydrogen) atoms. The van der Waals surface area contributed by atoms with Crippen LogP contribution < -0.4 is 4.74 Å². The summed E-state index contributed by atoms with van der Waals surface area (Å²) in [5, 5.41) is 0.662. The molecule has 169 valence electrons. The summed E-state index contributed by atoms with van der Waals surface area (Å²) in [6, 6.07) is 10.4. The number of ketones is 1. The molecular weight excluding hydrogens is 435 g/mol. The van der Waals surface area contributed by atoms with Gasteiger partial charge >= 0.3 is 6.18 Å². The number of benzene rings is 2. The zero-order chi connectivity index (χ0) is 23.5. The number of halogens is 3. The van der Waals surface area contributed by atoms with Gasteiger partial charge in [-0.25, -0.2) is 4.98 Å². The van der Waals surface area contributed by atoms with Crippen LogP contribution in [0.25, 0.3) is 10.6 Å². The van der Waals surface area contributed by atoms with Crippen molar-refractivity contribution in [3.05, 3.63) is 76.6 Å². The highest BCUT2D eigenvalue weighted by atomic mass is 32.1. The van der Waals surface area contributed by atoms with Gasteiger partial charge in [0.2, 0.25) is 0 Å². The van der Waals surface area contributed by atoms with Gasteiger partial charge in [0, 0.05) is 22.4 Å². The van der Waals surface area contributed by atoms with E-state index in [-0.39, 0.29) is 11.7 Å². The molecule has 0 aliphatic carbocycles. The molecule has 0 saturated carbocycles. The highest BCUT2D eigenvalue weighted by Gasteiger charge is 2.30. The molecule has 0 fully saturated rings. The van der Waals surface area contributed by atoms with E-state index in [2.05, 4.69) is 11.9 Å². The summed E-state index contributed by atoms with van der Waals surface area (Å²) in [5.41, 5.74) is 2.34. The molecule has 3 nitrogen and oxygen atoms in total. The lowest BCUT2D eigenvalue weighted by Crippen LogP contribution is -2.04. The third-order valence-electron chi connectivity index (χ3n) is 5.07. The van der Waals surface area contributed by atoms with Crippen molar-refractivity contribution in [2.75, 3.05) is 6.61 Å². The molecule has 1 aromatic heterocycles. The van der Waals surface area contributed by atoms with Crippen LogP contribution in [-0.4, -0.2) is 17.4 Å². The van der Waals surface area contributed by atoms with E-state index < -0.39 is 11.7 Å². The Bertz CT molecular complexity index is 1090. The Kier molecular flexibility index (Phi) is 7.39. The lowest BCUT2D eigenvalue weighted by Gasteiger charge is -2.09. The van der Waals surface area contributed by atoms with E-state index in [0.29, 0.717) is 41.3 Å². The molecule has 7 heteroatoms. The quantitative estimate of drug-likeness (QED) is 0.331. The lowest BCUT2D eigenvalue weighted by molar-refractivity contribution is -0.137.